The van der Waals surface area contributed by atoms with Crippen molar-refractivity contribution in [2.75, 3.05) is 0 Å². The van der Waals surface area contributed by atoms with Crippen LogP contribution in [0.5, 0.6) is 0 Å². The topological polar surface area (TPSA) is 26.3 Å². The number of ether oxygens (including phenoxy) is 1. The Bertz CT molecular complexity index is 570. The fourth-order valence-electron chi connectivity index (χ4n) is 3.09. The molecule has 6 heteroatoms. The largest absolute Gasteiger partial charge is 0.459 e. The van der Waals surface area contributed by atoms with Crippen molar-refractivity contribution in [3.63, 3.8) is 0 Å². The van der Waals surface area contributed by atoms with E-state index in [-0.39, 0.29) is 0 Å². The minimum Gasteiger partial charge on any atom is -0.459 e. The first-order valence-electron chi connectivity index (χ1n) is 9.87. The third-order valence-electron chi connectivity index (χ3n) is 4.54. The van der Waals surface area contributed by atoms with Crippen LogP contribution in [-0.2, 0) is 10.9 Å². The normalized spacial score (nSPS) is 12.8. The van der Waals surface area contributed by atoms with Crippen molar-refractivity contribution in [1.82, 2.24) is 0 Å². The third-order valence-corrected chi connectivity index (χ3v) is 4.54. The van der Waals surface area contributed by atoms with Gasteiger partial charge in [-0.3, -0.25) is 0 Å². The van der Waals surface area contributed by atoms with Crippen LogP contribution in [-0.4, -0.2) is 12.1 Å². The molecule has 0 aliphatic heterocycles. The van der Waals surface area contributed by atoms with Gasteiger partial charge in [-0.25, -0.2) is 9.18 Å². The van der Waals surface area contributed by atoms with Crippen LogP contribution in [0.1, 0.15) is 94.0 Å². The van der Waals surface area contributed by atoms with E-state index in [4.69, 9.17) is 4.74 Å². The summed E-state index contributed by atoms with van der Waals surface area (Å²) in [5, 5.41) is 0. The summed E-state index contributed by atoms with van der Waals surface area (Å²) >= 11 is 0. The Morgan fingerprint density at radius 3 is 2.19 bits per heavy atom. The molecule has 1 atom stereocenters. The van der Waals surface area contributed by atoms with Crippen molar-refractivity contribution >= 4 is 5.97 Å². The second-order valence-electron chi connectivity index (χ2n) is 6.89. The Morgan fingerprint density at radius 1 is 0.963 bits per heavy atom. The summed E-state index contributed by atoms with van der Waals surface area (Å²) in [4.78, 5) is 12.3. The minimum absolute atomic E-state index is 0.487. The van der Waals surface area contributed by atoms with Crippen molar-refractivity contribution in [3.8, 4) is 0 Å². The molecule has 0 aliphatic carbocycles. The number of unbranched alkanes of at least 4 members (excludes halogenated alkanes) is 6. The summed E-state index contributed by atoms with van der Waals surface area (Å²) in [6.07, 6.45) is 4.28. The number of carbonyl (C=O) groups excluding carboxylic acids is 1. The van der Waals surface area contributed by atoms with Crippen molar-refractivity contribution in [2.24, 2.45) is 0 Å². The Labute approximate surface area is 159 Å². The van der Waals surface area contributed by atoms with Crippen molar-refractivity contribution in [2.45, 2.75) is 90.3 Å². The van der Waals surface area contributed by atoms with Crippen LogP contribution >= 0.6 is 0 Å². The Balaban J connectivity index is 2.66. The third kappa shape index (κ3) is 8.31. The van der Waals surface area contributed by atoms with Crippen LogP contribution in [0.15, 0.2) is 18.2 Å². The van der Waals surface area contributed by atoms with Crippen LogP contribution in [0, 0.1) is 5.82 Å². The maximum Gasteiger partial charge on any atom is 0.417 e. The zero-order valence-corrected chi connectivity index (χ0v) is 16.2. The Kier molecular flexibility index (Phi) is 10.4. The molecule has 0 bridgehead atoms. The van der Waals surface area contributed by atoms with Gasteiger partial charge in [0, 0.05) is 0 Å². The summed E-state index contributed by atoms with van der Waals surface area (Å²) in [7, 11) is 0. The molecule has 0 N–H and O–H groups in total. The van der Waals surface area contributed by atoms with E-state index in [0.717, 1.165) is 44.2 Å². The van der Waals surface area contributed by atoms with Crippen LogP contribution in [0.2, 0.25) is 0 Å². The lowest BCUT2D eigenvalue weighted by Crippen LogP contribution is -2.22. The Hall–Kier alpha value is -1.59. The highest BCUT2D eigenvalue weighted by atomic mass is 19.4. The molecule has 1 rings (SSSR count). The van der Waals surface area contributed by atoms with E-state index >= 15 is 0 Å². The number of alkyl halides is 3. The molecular formula is C21H30F4O2. The van der Waals surface area contributed by atoms with Gasteiger partial charge < -0.3 is 4.74 Å². The molecule has 0 heterocycles. The molecule has 0 saturated carbocycles. The number of benzene rings is 1. The molecule has 154 valence electrons. The highest BCUT2D eigenvalue weighted by Gasteiger charge is 2.37. The second-order valence-corrected chi connectivity index (χ2v) is 6.89. The highest BCUT2D eigenvalue weighted by molar-refractivity contribution is 5.91. The van der Waals surface area contributed by atoms with Gasteiger partial charge in [0.05, 0.1) is 5.56 Å². The molecule has 0 aliphatic rings. The van der Waals surface area contributed by atoms with E-state index in [1.165, 1.54) is 19.3 Å². The van der Waals surface area contributed by atoms with Gasteiger partial charge in [-0.05, 0) is 31.4 Å². The van der Waals surface area contributed by atoms with E-state index in [0.29, 0.717) is 18.9 Å². The maximum absolute atomic E-state index is 13.9. The van der Waals surface area contributed by atoms with Crippen molar-refractivity contribution < 1.29 is 27.1 Å². The summed E-state index contributed by atoms with van der Waals surface area (Å²) in [6.45, 7) is 4.07. The number of carbonyl (C=O) groups is 1. The number of esters is 1. The first kappa shape index (κ1) is 23.4. The molecule has 0 amide bonds. The zero-order valence-electron chi connectivity index (χ0n) is 16.2. The SMILES string of the molecule is CCCCCCCCCC(CCC)OC(=O)c1c(F)cccc1C(F)(F)F. The first-order chi connectivity index (χ1) is 12.8. The Morgan fingerprint density at radius 2 is 1.59 bits per heavy atom. The van der Waals surface area contributed by atoms with E-state index in [1.807, 2.05) is 6.92 Å². The molecule has 1 unspecified atom stereocenters. The average molecular weight is 390 g/mol. The molecular weight excluding hydrogens is 360 g/mol. The number of hydrogen-bond acceptors (Lipinski definition) is 2. The van der Waals surface area contributed by atoms with E-state index < -0.39 is 35.2 Å². The zero-order chi connectivity index (χ0) is 20.3. The fraction of sp³-hybridized carbons (Fsp3) is 0.667. The van der Waals surface area contributed by atoms with Gasteiger partial charge in [0.25, 0.3) is 0 Å². The molecule has 0 radical (unpaired) electrons. The quantitative estimate of drug-likeness (QED) is 0.212. The minimum atomic E-state index is -4.81. The first-order valence-corrected chi connectivity index (χ1v) is 9.87. The van der Waals surface area contributed by atoms with Gasteiger partial charge >= 0.3 is 12.1 Å². The number of hydrogen-bond donors (Lipinski definition) is 0. The van der Waals surface area contributed by atoms with Gasteiger partial charge in [-0.15, -0.1) is 0 Å². The standard InChI is InChI=1S/C21H30F4O2/c1-3-5-6-7-8-9-10-13-16(12-4-2)27-20(26)19-17(21(23,24)25)14-11-15-18(19)22/h11,14-16H,3-10,12-13H2,1-2H3. The lowest BCUT2D eigenvalue weighted by Gasteiger charge is -2.19. The van der Waals surface area contributed by atoms with Crippen LogP contribution in [0.25, 0.3) is 0 Å². The second kappa shape index (κ2) is 12.0. The molecule has 0 saturated heterocycles. The molecule has 2 nitrogen and oxygen atoms in total. The van der Waals surface area contributed by atoms with Crippen molar-refractivity contribution in [3.05, 3.63) is 35.1 Å². The van der Waals surface area contributed by atoms with Crippen LogP contribution in [0.3, 0.4) is 0 Å². The molecule has 0 spiro atoms. The van der Waals surface area contributed by atoms with Gasteiger partial charge in [-0.2, -0.15) is 13.2 Å². The monoisotopic (exact) mass is 390 g/mol. The highest BCUT2D eigenvalue weighted by Crippen LogP contribution is 2.33. The maximum atomic E-state index is 13.9. The van der Waals surface area contributed by atoms with Gasteiger partial charge in [-0.1, -0.05) is 64.9 Å². The predicted molar refractivity (Wildman–Crippen MR) is 98.1 cm³/mol. The van der Waals surface area contributed by atoms with E-state index in [9.17, 15) is 22.4 Å². The van der Waals surface area contributed by atoms with Crippen molar-refractivity contribution in [1.29, 1.82) is 0 Å². The average Bonchev–Trinajstić information content (AvgIpc) is 2.60. The number of rotatable bonds is 12. The molecule has 1 aromatic rings. The fourth-order valence-corrected chi connectivity index (χ4v) is 3.09. The molecule has 1 aromatic carbocycles. The van der Waals surface area contributed by atoms with Gasteiger partial charge in [0.2, 0.25) is 0 Å². The lowest BCUT2D eigenvalue weighted by atomic mass is 10.0. The summed E-state index contributed by atoms with van der Waals surface area (Å²) in [5.74, 6) is -2.44. The van der Waals surface area contributed by atoms with Crippen LogP contribution < -0.4 is 0 Å². The smallest absolute Gasteiger partial charge is 0.417 e. The number of halogens is 4. The molecule has 0 fully saturated rings. The summed E-state index contributed by atoms with van der Waals surface area (Å²) in [5.41, 5.74) is -2.32. The predicted octanol–water partition coefficient (Wildman–Crippen LogP) is 7.31. The molecule has 27 heavy (non-hydrogen) atoms. The lowest BCUT2D eigenvalue weighted by molar-refractivity contribution is -0.138. The summed E-state index contributed by atoms with van der Waals surface area (Å²) in [6, 6.07) is 2.48. The van der Waals surface area contributed by atoms with Crippen LogP contribution in [0.4, 0.5) is 17.6 Å². The summed E-state index contributed by atoms with van der Waals surface area (Å²) < 4.78 is 58.4. The van der Waals surface area contributed by atoms with E-state index in [2.05, 4.69) is 6.92 Å². The van der Waals surface area contributed by atoms with Gasteiger partial charge in [0.1, 0.15) is 17.5 Å². The van der Waals surface area contributed by atoms with Gasteiger partial charge in [0.15, 0.2) is 0 Å². The van der Waals surface area contributed by atoms with E-state index in [1.54, 1.807) is 0 Å². The molecule has 0 aromatic heterocycles.